The Kier molecular flexibility index (Phi) is 4.57. The van der Waals surface area contributed by atoms with Crippen molar-refractivity contribution in [2.45, 2.75) is 58.1 Å². The summed E-state index contributed by atoms with van der Waals surface area (Å²) in [4.78, 5) is 2.22. The van der Waals surface area contributed by atoms with Crippen LogP contribution in [0.1, 0.15) is 43.0 Å². The molecule has 1 aliphatic heterocycles. The van der Waals surface area contributed by atoms with Gasteiger partial charge in [-0.3, -0.25) is 4.90 Å². The molecule has 4 atom stereocenters. The zero-order valence-electron chi connectivity index (χ0n) is 13.8. The lowest BCUT2D eigenvalue weighted by molar-refractivity contribution is -0.302. The number of hydrogen-bond donors (Lipinski definition) is 1. The maximum atomic E-state index is 11.1. The van der Waals surface area contributed by atoms with Crippen molar-refractivity contribution in [3.05, 3.63) is 47.5 Å². The van der Waals surface area contributed by atoms with Crippen molar-refractivity contribution in [1.82, 2.24) is 4.90 Å². The molecule has 3 heteroatoms. The van der Waals surface area contributed by atoms with E-state index in [1.165, 1.54) is 11.1 Å². The molecule has 0 spiro atoms. The molecule has 1 N–H and O–H groups in total. The maximum Gasteiger partial charge on any atom is 0.189 e. The Balaban J connectivity index is 2.51. The lowest BCUT2D eigenvalue weighted by Gasteiger charge is -2.51. The molecule has 0 radical (unpaired) electrons. The predicted octanol–water partition coefficient (Wildman–Crippen LogP) is 3.35. The fourth-order valence-corrected chi connectivity index (χ4v) is 3.33. The summed E-state index contributed by atoms with van der Waals surface area (Å²) >= 11 is 0. The Hall–Kier alpha value is -1.16. The van der Waals surface area contributed by atoms with E-state index in [0.29, 0.717) is 6.42 Å². The summed E-state index contributed by atoms with van der Waals surface area (Å²) in [7, 11) is 2.06. The highest BCUT2D eigenvalue weighted by Crippen LogP contribution is 2.42. The van der Waals surface area contributed by atoms with Crippen molar-refractivity contribution in [3.63, 3.8) is 0 Å². The van der Waals surface area contributed by atoms with Crippen molar-refractivity contribution in [2.24, 2.45) is 0 Å². The largest absolute Gasteiger partial charge is 0.364 e. The van der Waals surface area contributed by atoms with Gasteiger partial charge in [-0.05, 0) is 45.9 Å². The van der Waals surface area contributed by atoms with Crippen molar-refractivity contribution in [2.75, 3.05) is 7.05 Å². The van der Waals surface area contributed by atoms with Gasteiger partial charge >= 0.3 is 0 Å². The summed E-state index contributed by atoms with van der Waals surface area (Å²) in [6.07, 6.45) is 2.11. The number of aryl methyl sites for hydroxylation is 2. The molecule has 3 nitrogen and oxygen atoms in total. The van der Waals surface area contributed by atoms with Crippen LogP contribution in [0.3, 0.4) is 0 Å². The van der Waals surface area contributed by atoms with Crippen molar-refractivity contribution < 1.29 is 9.84 Å². The van der Waals surface area contributed by atoms with E-state index >= 15 is 0 Å². The van der Waals surface area contributed by atoms with Crippen LogP contribution in [0.2, 0.25) is 0 Å². The van der Waals surface area contributed by atoms with Gasteiger partial charge in [0.15, 0.2) is 5.79 Å². The molecule has 4 unspecified atom stereocenters. The Morgan fingerprint density at radius 2 is 2.05 bits per heavy atom. The molecule has 116 valence electrons. The summed E-state index contributed by atoms with van der Waals surface area (Å²) in [5.41, 5.74) is 3.52. The molecule has 0 bridgehead atoms. The first-order chi connectivity index (χ1) is 9.80. The van der Waals surface area contributed by atoms with Crippen molar-refractivity contribution >= 4 is 0 Å². The third-order valence-corrected chi connectivity index (χ3v) is 4.70. The first-order valence-corrected chi connectivity index (χ1v) is 7.60. The van der Waals surface area contributed by atoms with Gasteiger partial charge in [0, 0.05) is 12.5 Å². The molecule has 1 fully saturated rings. The van der Waals surface area contributed by atoms with Gasteiger partial charge in [0.1, 0.15) is 0 Å². The Labute approximate surface area is 128 Å². The Bertz CT molecular complexity index is 528. The fourth-order valence-electron chi connectivity index (χ4n) is 3.33. The van der Waals surface area contributed by atoms with Crippen molar-refractivity contribution in [3.8, 4) is 0 Å². The van der Waals surface area contributed by atoms with E-state index in [1.54, 1.807) is 6.08 Å². The normalized spacial score (nSPS) is 33.9. The fraction of sp³-hybridized carbons (Fsp3) is 0.556. The number of morpholine rings is 1. The van der Waals surface area contributed by atoms with Gasteiger partial charge in [0.05, 0.1) is 12.1 Å². The second kappa shape index (κ2) is 5.91. The number of nitrogens with zero attached hydrogens (tertiary/aromatic N) is 1. The van der Waals surface area contributed by atoms with Gasteiger partial charge in [-0.25, -0.2) is 0 Å². The Morgan fingerprint density at radius 3 is 2.62 bits per heavy atom. The summed E-state index contributed by atoms with van der Waals surface area (Å²) in [6, 6.07) is 6.39. The number of hydrogen-bond acceptors (Lipinski definition) is 3. The molecule has 1 heterocycles. The summed E-state index contributed by atoms with van der Waals surface area (Å²) in [5, 5.41) is 11.1. The average Bonchev–Trinajstić information content (AvgIpc) is 2.39. The standard InChI is InChI=1S/C18H27NO2/c1-7-10-18(20)17(19(6)14(4)15(5)21-18)16-9-8-12(2)11-13(16)3/h7-9,11,14-15,17,20H,1,10H2,2-6H3. The number of ether oxygens (including phenoxy) is 1. The molecule has 1 aromatic rings. The molecule has 0 amide bonds. The van der Waals surface area contributed by atoms with Crippen LogP contribution in [-0.4, -0.2) is 35.0 Å². The quantitative estimate of drug-likeness (QED) is 0.866. The molecular formula is C18H27NO2. The van der Waals surface area contributed by atoms with Gasteiger partial charge < -0.3 is 9.84 Å². The molecule has 1 saturated heterocycles. The van der Waals surface area contributed by atoms with Crippen LogP contribution in [0, 0.1) is 13.8 Å². The lowest BCUT2D eigenvalue weighted by atomic mass is 9.87. The van der Waals surface area contributed by atoms with Gasteiger partial charge in [-0.2, -0.15) is 0 Å². The molecule has 0 saturated carbocycles. The monoisotopic (exact) mass is 289 g/mol. The van der Waals surface area contributed by atoms with Crippen LogP contribution >= 0.6 is 0 Å². The molecule has 1 aromatic carbocycles. The highest BCUT2D eigenvalue weighted by molar-refractivity contribution is 5.34. The summed E-state index contributed by atoms with van der Waals surface area (Å²) in [6.45, 7) is 12.1. The minimum absolute atomic E-state index is 0.0260. The van der Waals surface area contributed by atoms with Crippen LogP contribution in [-0.2, 0) is 4.74 Å². The van der Waals surface area contributed by atoms with Crippen molar-refractivity contribution in [1.29, 1.82) is 0 Å². The second-order valence-corrected chi connectivity index (χ2v) is 6.33. The number of rotatable bonds is 3. The van der Waals surface area contributed by atoms with Gasteiger partial charge in [0.25, 0.3) is 0 Å². The smallest absolute Gasteiger partial charge is 0.189 e. The first kappa shape index (κ1) is 16.2. The van der Waals surface area contributed by atoms with E-state index in [4.69, 9.17) is 4.74 Å². The van der Waals surface area contributed by atoms with Crippen LogP contribution in [0.25, 0.3) is 0 Å². The van der Waals surface area contributed by atoms with Gasteiger partial charge in [-0.15, -0.1) is 6.58 Å². The van der Waals surface area contributed by atoms with E-state index in [0.717, 1.165) is 5.56 Å². The molecule has 1 aliphatic rings. The zero-order chi connectivity index (χ0) is 15.8. The van der Waals surface area contributed by atoms with E-state index in [9.17, 15) is 5.11 Å². The molecule has 0 aromatic heterocycles. The molecule has 21 heavy (non-hydrogen) atoms. The summed E-state index contributed by atoms with van der Waals surface area (Å²) in [5.74, 6) is -1.23. The minimum Gasteiger partial charge on any atom is -0.364 e. The molecular weight excluding hydrogens is 262 g/mol. The predicted molar refractivity (Wildman–Crippen MR) is 86.2 cm³/mol. The van der Waals surface area contributed by atoms with Gasteiger partial charge in [0.2, 0.25) is 0 Å². The Morgan fingerprint density at radius 1 is 1.38 bits per heavy atom. The SMILES string of the molecule is C=CCC1(O)OC(C)C(C)N(C)C1c1ccc(C)cc1C. The minimum atomic E-state index is -1.23. The van der Waals surface area contributed by atoms with Crippen LogP contribution in [0.15, 0.2) is 30.9 Å². The van der Waals surface area contributed by atoms with Crippen LogP contribution < -0.4 is 0 Å². The third kappa shape index (κ3) is 2.91. The highest BCUT2D eigenvalue weighted by Gasteiger charge is 2.48. The third-order valence-electron chi connectivity index (χ3n) is 4.70. The van der Waals surface area contributed by atoms with E-state index in [-0.39, 0.29) is 18.2 Å². The first-order valence-electron chi connectivity index (χ1n) is 7.60. The second-order valence-electron chi connectivity index (χ2n) is 6.33. The molecule has 2 rings (SSSR count). The van der Waals surface area contributed by atoms with E-state index in [2.05, 4.69) is 57.5 Å². The van der Waals surface area contributed by atoms with E-state index < -0.39 is 5.79 Å². The number of aliphatic hydroxyl groups is 1. The lowest BCUT2D eigenvalue weighted by Crippen LogP contribution is -2.59. The van der Waals surface area contributed by atoms with Crippen LogP contribution in [0.5, 0.6) is 0 Å². The number of benzene rings is 1. The summed E-state index contributed by atoms with van der Waals surface area (Å²) < 4.78 is 5.99. The highest BCUT2D eigenvalue weighted by atomic mass is 16.6. The molecule has 0 aliphatic carbocycles. The topological polar surface area (TPSA) is 32.7 Å². The van der Waals surface area contributed by atoms with Gasteiger partial charge in [-0.1, -0.05) is 29.8 Å². The zero-order valence-corrected chi connectivity index (χ0v) is 13.8. The van der Waals surface area contributed by atoms with E-state index in [1.807, 2.05) is 6.92 Å². The van der Waals surface area contributed by atoms with Crippen LogP contribution in [0.4, 0.5) is 0 Å². The maximum absolute atomic E-state index is 11.1. The number of likely N-dealkylation sites (N-methyl/N-ethyl adjacent to an activating group) is 1. The average molecular weight is 289 g/mol.